The number of ether oxygens (including phenoxy) is 6. The van der Waals surface area contributed by atoms with Crippen LogP contribution < -0.4 is 0 Å². The molecule has 0 aromatic heterocycles. The molecule has 0 spiro atoms. The van der Waals surface area contributed by atoms with Gasteiger partial charge in [0.15, 0.2) is 26.0 Å². The molecule has 12 nitrogen and oxygen atoms in total. The molecule has 2 heterocycles. The van der Waals surface area contributed by atoms with Crippen molar-refractivity contribution < 1.29 is 56.0 Å². The van der Waals surface area contributed by atoms with Gasteiger partial charge in [-0.2, -0.15) is 0 Å². The lowest BCUT2D eigenvalue weighted by Crippen LogP contribution is -2.65. The van der Waals surface area contributed by atoms with E-state index in [4.69, 9.17) is 46.4 Å². The third kappa shape index (κ3) is 14.7. The maximum absolute atomic E-state index is 12.9. The molecule has 3 fully saturated rings. The van der Waals surface area contributed by atoms with Crippen LogP contribution >= 0.6 is 8.60 Å². The quantitative estimate of drug-likeness (QED) is 0.0448. The van der Waals surface area contributed by atoms with Crippen molar-refractivity contribution in [2.45, 2.75) is 212 Å². The van der Waals surface area contributed by atoms with Crippen LogP contribution in [0.2, 0.25) is 43.8 Å². The number of esters is 2. The SMILES string of the molecule is CCCCCC(=O)OC[C@H](COP(OCC[Si](C)(C)C)OC1[C@@H]2OC(C)(C)O[C@@H]2C(O[Si](C)(C)C(C)(C)C)[C@@H]2OC(C)(C)O[C@@H]12)OC(=O)CCCCC. The molecule has 3 rings (SSSR count). The number of rotatable bonds is 22. The van der Waals surface area contributed by atoms with Crippen LogP contribution in [0.4, 0.5) is 0 Å². The highest BCUT2D eigenvalue weighted by Crippen LogP contribution is 2.53. The molecule has 1 aliphatic carbocycles. The minimum absolute atomic E-state index is 0.0541. The van der Waals surface area contributed by atoms with Gasteiger partial charge >= 0.3 is 20.5 Å². The molecule has 2 aliphatic heterocycles. The van der Waals surface area contributed by atoms with E-state index >= 15 is 0 Å². The normalized spacial score (nSPS) is 27.9. The molecule has 0 aromatic rings. The lowest BCUT2D eigenvalue weighted by molar-refractivity contribution is -0.181. The number of fused-ring (bicyclic) bond motifs is 2. The molecule has 3 unspecified atom stereocenters. The van der Waals surface area contributed by atoms with Crippen molar-refractivity contribution in [1.82, 2.24) is 0 Å². The Morgan fingerprint density at radius 2 is 1.21 bits per heavy atom. The van der Waals surface area contributed by atoms with Gasteiger partial charge in [0.1, 0.15) is 43.2 Å². The largest absolute Gasteiger partial charge is 0.462 e. The summed E-state index contributed by atoms with van der Waals surface area (Å²) in [4.78, 5) is 25.4. The molecule has 0 radical (unpaired) electrons. The van der Waals surface area contributed by atoms with E-state index in [-0.39, 0.29) is 36.6 Å². The molecule has 8 atom stereocenters. The van der Waals surface area contributed by atoms with E-state index in [2.05, 4.69) is 67.4 Å². The smallest absolute Gasteiger partial charge is 0.333 e. The lowest BCUT2D eigenvalue weighted by Gasteiger charge is -2.47. The van der Waals surface area contributed by atoms with Crippen molar-refractivity contribution in [2.24, 2.45) is 0 Å². The summed E-state index contributed by atoms with van der Waals surface area (Å²) in [6.45, 7) is 29.8. The summed E-state index contributed by atoms with van der Waals surface area (Å²) >= 11 is 0. The minimum atomic E-state index is -2.30. The van der Waals surface area contributed by atoms with Crippen molar-refractivity contribution in [2.75, 3.05) is 19.8 Å². The number of hydrogen-bond acceptors (Lipinski definition) is 12. The van der Waals surface area contributed by atoms with Gasteiger partial charge in [0.25, 0.3) is 0 Å². The van der Waals surface area contributed by atoms with E-state index in [9.17, 15) is 9.59 Å². The first-order valence-corrected chi connectivity index (χ1v) is 27.7. The second-order valence-corrected chi connectivity index (χ2v) is 30.0. The van der Waals surface area contributed by atoms with Crippen LogP contribution in [0.15, 0.2) is 0 Å². The summed E-state index contributed by atoms with van der Waals surface area (Å²) in [5, 5.41) is -0.0541. The topological polar surface area (TPSA) is 126 Å². The standard InChI is InChI=1S/C38H73O12PSi2/c1-15-17-19-21-28(39)41-25-27(44-29(40)22-20-18-16-2)26-43-51(42-23-24-52(10,11)12)49-34-30-32(47-37(6,7)45-30)35(50-53(13,14)36(3,4)5)33-31(34)46-38(8,9)48-33/h27,30-35H,15-26H2,1-14H3/t27-,30-,31-,32-,33+,34?,35?,51?/m1/s1. The van der Waals surface area contributed by atoms with Gasteiger partial charge in [0.05, 0.1) is 13.2 Å². The summed E-state index contributed by atoms with van der Waals surface area (Å²) in [5.74, 6) is -2.52. The Bertz CT molecular complexity index is 1120. The first-order chi connectivity index (χ1) is 24.5. The van der Waals surface area contributed by atoms with Crippen molar-refractivity contribution in [3.05, 3.63) is 0 Å². The number of carbonyl (C=O) groups is 2. The summed E-state index contributed by atoms with van der Waals surface area (Å²) in [5.41, 5.74) is 0. The third-order valence-electron chi connectivity index (χ3n) is 10.2. The van der Waals surface area contributed by atoms with Gasteiger partial charge in [-0.1, -0.05) is 79.9 Å². The van der Waals surface area contributed by atoms with Gasteiger partial charge in [0, 0.05) is 20.9 Å². The van der Waals surface area contributed by atoms with E-state index in [1.807, 2.05) is 27.7 Å². The highest BCUT2D eigenvalue weighted by Gasteiger charge is 2.66. The van der Waals surface area contributed by atoms with Crippen LogP contribution in [0.1, 0.15) is 114 Å². The minimum Gasteiger partial charge on any atom is -0.462 e. The zero-order chi connectivity index (χ0) is 39.8. The number of unbranched alkanes of at least 4 members (excludes halogenated alkanes) is 4. The third-order valence-corrected chi connectivity index (χ3v) is 17.5. The van der Waals surface area contributed by atoms with E-state index in [0.717, 1.165) is 44.6 Å². The van der Waals surface area contributed by atoms with Crippen LogP contribution in [0.25, 0.3) is 0 Å². The number of carbonyl (C=O) groups excluding carboxylic acids is 2. The molecule has 0 N–H and O–H groups in total. The molecule has 310 valence electrons. The fourth-order valence-corrected chi connectivity index (χ4v) is 9.57. The first kappa shape index (κ1) is 46.9. The molecule has 0 bridgehead atoms. The lowest BCUT2D eigenvalue weighted by atomic mass is 9.85. The van der Waals surface area contributed by atoms with E-state index in [1.165, 1.54) is 0 Å². The maximum Gasteiger partial charge on any atom is 0.333 e. The van der Waals surface area contributed by atoms with Gasteiger partial charge in [0.2, 0.25) is 0 Å². The van der Waals surface area contributed by atoms with Gasteiger partial charge in [-0.25, -0.2) is 0 Å². The molecule has 0 amide bonds. The van der Waals surface area contributed by atoms with Gasteiger partial charge < -0.3 is 46.4 Å². The maximum atomic E-state index is 12.9. The monoisotopic (exact) mass is 808 g/mol. The van der Waals surface area contributed by atoms with Gasteiger partial charge in [-0.3, -0.25) is 9.59 Å². The van der Waals surface area contributed by atoms with Crippen molar-refractivity contribution in [3.8, 4) is 0 Å². The van der Waals surface area contributed by atoms with E-state index in [1.54, 1.807) is 0 Å². The van der Waals surface area contributed by atoms with Crippen LogP contribution in [0.3, 0.4) is 0 Å². The Morgan fingerprint density at radius 3 is 1.68 bits per heavy atom. The predicted molar refractivity (Wildman–Crippen MR) is 211 cm³/mol. The average Bonchev–Trinajstić information content (AvgIpc) is 3.53. The fraction of sp³-hybridized carbons (Fsp3) is 0.947. The van der Waals surface area contributed by atoms with Crippen molar-refractivity contribution >= 4 is 36.9 Å². The van der Waals surface area contributed by atoms with Crippen LogP contribution in [0.5, 0.6) is 0 Å². The van der Waals surface area contributed by atoms with E-state index < -0.39 is 79.3 Å². The molecular weight excluding hydrogens is 736 g/mol. The molecule has 15 heteroatoms. The summed E-state index contributed by atoms with van der Waals surface area (Å²) in [7, 11) is -5.81. The fourth-order valence-electron chi connectivity index (χ4n) is 6.22. The summed E-state index contributed by atoms with van der Waals surface area (Å²) < 4.78 is 64.4. The predicted octanol–water partition coefficient (Wildman–Crippen LogP) is 9.03. The zero-order valence-corrected chi connectivity index (χ0v) is 38.3. The van der Waals surface area contributed by atoms with Gasteiger partial charge in [-0.15, -0.1) is 0 Å². The van der Waals surface area contributed by atoms with Gasteiger partial charge in [-0.05, 0) is 64.7 Å². The Hall–Kier alpha value is -0.516. The summed E-state index contributed by atoms with van der Waals surface area (Å²) in [6, 6.07) is 0.883. The number of hydrogen-bond donors (Lipinski definition) is 0. The van der Waals surface area contributed by atoms with Crippen LogP contribution in [-0.2, 0) is 56.0 Å². The molecule has 3 aliphatic rings. The average molecular weight is 809 g/mol. The zero-order valence-electron chi connectivity index (χ0n) is 35.4. The van der Waals surface area contributed by atoms with Crippen LogP contribution in [-0.4, -0.2) is 102 Å². The highest BCUT2D eigenvalue weighted by atomic mass is 31.2. The van der Waals surface area contributed by atoms with Crippen molar-refractivity contribution in [3.63, 3.8) is 0 Å². The second-order valence-electron chi connectivity index (χ2n) is 18.4. The molecular formula is C38H73O12PSi2. The van der Waals surface area contributed by atoms with Crippen LogP contribution in [0, 0.1) is 0 Å². The van der Waals surface area contributed by atoms with E-state index in [0.29, 0.717) is 13.0 Å². The molecule has 2 saturated heterocycles. The Morgan fingerprint density at radius 1 is 0.717 bits per heavy atom. The second kappa shape index (κ2) is 19.8. The first-order valence-electron chi connectivity index (χ1n) is 19.9. The molecule has 53 heavy (non-hydrogen) atoms. The molecule has 1 saturated carbocycles. The summed E-state index contributed by atoms with van der Waals surface area (Å²) in [6.07, 6.45) is 1.73. The Labute approximate surface area is 323 Å². The van der Waals surface area contributed by atoms with Crippen molar-refractivity contribution in [1.29, 1.82) is 0 Å². The highest BCUT2D eigenvalue weighted by molar-refractivity contribution is 7.41. The Balaban J connectivity index is 1.89. The molecule has 0 aromatic carbocycles. The Kier molecular flexibility index (Phi) is 17.5.